The van der Waals surface area contributed by atoms with Crippen LogP contribution in [-0.2, 0) is 22.7 Å². The molecule has 0 aliphatic carbocycles. The van der Waals surface area contributed by atoms with E-state index in [0.717, 1.165) is 11.3 Å². The first-order valence-electron chi connectivity index (χ1n) is 8.17. The summed E-state index contributed by atoms with van der Waals surface area (Å²) >= 11 is 0. The van der Waals surface area contributed by atoms with Gasteiger partial charge < -0.3 is 19.5 Å². The normalized spacial score (nSPS) is 12.9. The highest BCUT2D eigenvalue weighted by Crippen LogP contribution is 2.33. The number of nitro benzene ring substituents is 1. The molecule has 140 valence electrons. The van der Waals surface area contributed by atoms with Crippen LogP contribution in [0.2, 0.25) is 0 Å². The third-order valence-electron chi connectivity index (χ3n) is 3.97. The highest BCUT2D eigenvalue weighted by atomic mass is 16.7. The number of amides is 1. The van der Waals surface area contributed by atoms with Crippen LogP contribution in [0.4, 0.5) is 5.69 Å². The molecule has 1 N–H and O–H groups in total. The first kappa shape index (κ1) is 18.4. The van der Waals surface area contributed by atoms with Crippen molar-refractivity contribution in [3.05, 3.63) is 69.3 Å². The maximum Gasteiger partial charge on any atom is 0.270 e. The van der Waals surface area contributed by atoms with E-state index >= 15 is 0 Å². The van der Waals surface area contributed by atoms with Gasteiger partial charge in [0.05, 0.1) is 18.6 Å². The fraction of sp³-hybridized carbons (Fsp3) is 0.211. The summed E-state index contributed by atoms with van der Waals surface area (Å²) in [6.07, 6.45) is 2.82. The Kier molecular flexibility index (Phi) is 5.68. The predicted octanol–water partition coefficient (Wildman–Crippen LogP) is 2.80. The summed E-state index contributed by atoms with van der Waals surface area (Å²) in [5.74, 6) is 0.911. The molecular weight excluding hydrogens is 352 g/mol. The van der Waals surface area contributed by atoms with Gasteiger partial charge in [-0.05, 0) is 23.8 Å². The smallest absolute Gasteiger partial charge is 0.270 e. The van der Waals surface area contributed by atoms with Gasteiger partial charge in [-0.15, -0.1) is 0 Å². The molecule has 27 heavy (non-hydrogen) atoms. The molecule has 0 saturated carbocycles. The lowest BCUT2D eigenvalue weighted by Gasteiger charge is -2.19. The van der Waals surface area contributed by atoms with E-state index in [1.165, 1.54) is 24.3 Å². The van der Waals surface area contributed by atoms with Crippen LogP contribution in [0.5, 0.6) is 11.5 Å². The van der Waals surface area contributed by atoms with Crippen molar-refractivity contribution >= 4 is 17.7 Å². The molecule has 1 aliphatic rings. The quantitative estimate of drug-likeness (QED) is 0.477. The lowest BCUT2D eigenvalue weighted by molar-refractivity contribution is -0.385. The Labute approximate surface area is 155 Å². The van der Waals surface area contributed by atoms with Crippen molar-refractivity contribution in [1.82, 2.24) is 5.32 Å². The molecule has 0 spiro atoms. The fourth-order valence-corrected chi connectivity index (χ4v) is 2.62. The zero-order valence-corrected chi connectivity index (χ0v) is 14.6. The second-order valence-corrected chi connectivity index (χ2v) is 5.79. The number of carbonyl (C=O) groups excluding carboxylic acids is 1. The van der Waals surface area contributed by atoms with Gasteiger partial charge in [-0.25, -0.2) is 0 Å². The van der Waals surface area contributed by atoms with Crippen LogP contribution in [0, 0.1) is 10.1 Å². The summed E-state index contributed by atoms with van der Waals surface area (Å²) in [6, 6.07) is 10.1. The van der Waals surface area contributed by atoms with Crippen molar-refractivity contribution in [1.29, 1.82) is 0 Å². The number of rotatable bonds is 6. The molecule has 1 heterocycles. The van der Waals surface area contributed by atoms with Crippen LogP contribution in [-0.4, -0.2) is 24.7 Å². The van der Waals surface area contributed by atoms with Gasteiger partial charge in [-0.3, -0.25) is 14.9 Å². The van der Waals surface area contributed by atoms with Crippen LogP contribution in [0.1, 0.15) is 16.7 Å². The maximum atomic E-state index is 12.1. The number of fused-ring (bicyclic) bond motifs is 1. The summed E-state index contributed by atoms with van der Waals surface area (Å²) in [5.41, 5.74) is 1.88. The van der Waals surface area contributed by atoms with Gasteiger partial charge in [0.25, 0.3) is 5.69 Å². The van der Waals surface area contributed by atoms with E-state index in [1.807, 2.05) is 24.3 Å². The first-order chi connectivity index (χ1) is 13.1. The van der Waals surface area contributed by atoms with E-state index in [0.29, 0.717) is 23.4 Å². The second kappa shape index (κ2) is 8.33. The van der Waals surface area contributed by atoms with Gasteiger partial charge in [0.15, 0.2) is 6.79 Å². The van der Waals surface area contributed by atoms with E-state index in [4.69, 9.17) is 14.2 Å². The van der Waals surface area contributed by atoms with Gasteiger partial charge in [0.2, 0.25) is 5.91 Å². The fourth-order valence-electron chi connectivity index (χ4n) is 2.62. The van der Waals surface area contributed by atoms with Crippen LogP contribution in [0.15, 0.2) is 42.5 Å². The Bertz CT molecular complexity index is 877. The van der Waals surface area contributed by atoms with Gasteiger partial charge >= 0.3 is 0 Å². The molecule has 0 bridgehead atoms. The topological polar surface area (TPSA) is 99.9 Å². The van der Waals surface area contributed by atoms with Crippen LogP contribution in [0.25, 0.3) is 6.08 Å². The number of methoxy groups -OCH3 is 1. The molecule has 1 amide bonds. The molecule has 2 aromatic carbocycles. The monoisotopic (exact) mass is 370 g/mol. The Morgan fingerprint density at radius 1 is 1.33 bits per heavy atom. The number of nitrogens with zero attached hydrogens (tertiary/aromatic N) is 1. The van der Waals surface area contributed by atoms with Gasteiger partial charge in [-0.2, -0.15) is 0 Å². The van der Waals surface area contributed by atoms with Gasteiger partial charge in [0.1, 0.15) is 11.5 Å². The van der Waals surface area contributed by atoms with Crippen molar-refractivity contribution < 1.29 is 23.9 Å². The van der Waals surface area contributed by atoms with Crippen molar-refractivity contribution in [2.75, 3.05) is 13.9 Å². The lowest BCUT2D eigenvalue weighted by Crippen LogP contribution is -2.20. The van der Waals surface area contributed by atoms with Crippen LogP contribution < -0.4 is 14.8 Å². The summed E-state index contributed by atoms with van der Waals surface area (Å²) in [5, 5.41) is 13.9. The Morgan fingerprint density at radius 3 is 2.81 bits per heavy atom. The average Bonchev–Trinajstić information content (AvgIpc) is 2.70. The Balaban J connectivity index is 1.69. The van der Waals surface area contributed by atoms with Crippen molar-refractivity contribution in [3.8, 4) is 11.5 Å². The minimum atomic E-state index is -0.490. The second-order valence-electron chi connectivity index (χ2n) is 5.79. The molecule has 0 radical (unpaired) electrons. The first-order valence-corrected chi connectivity index (χ1v) is 8.17. The van der Waals surface area contributed by atoms with Crippen LogP contribution in [0.3, 0.4) is 0 Å². The van der Waals surface area contributed by atoms with E-state index in [1.54, 1.807) is 7.11 Å². The number of hydrogen-bond acceptors (Lipinski definition) is 6. The molecule has 1 aliphatic heterocycles. The van der Waals surface area contributed by atoms with Crippen molar-refractivity contribution in [3.63, 3.8) is 0 Å². The van der Waals surface area contributed by atoms with Gasteiger partial charge in [-0.1, -0.05) is 12.1 Å². The average molecular weight is 370 g/mol. The van der Waals surface area contributed by atoms with Crippen LogP contribution >= 0.6 is 0 Å². The predicted molar refractivity (Wildman–Crippen MR) is 97.3 cm³/mol. The third-order valence-corrected chi connectivity index (χ3v) is 3.97. The lowest BCUT2D eigenvalue weighted by atomic mass is 10.1. The number of nitrogens with one attached hydrogen (secondary N) is 1. The van der Waals surface area contributed by atoms with Crippen molar-refractivity contribution in [2.45, 2.75) is 13.2 Å². The molecule has 0 fully saturated rings. The molecule has 2 aromatic rings. The third kappa shape index (κ3) is 4.62. The minimum Gasteiger partial charge on any atom is -0.497 e. The van der Waals surface area contributed by atoms with Gasteiger partial charge in [0, 0.05) is 35.9 Å². The largest absolute Gasteiger partial charge is 0.497 e. The molecule has 0 unspecified atom stereocenters. The van der Waals surface area contributed by atoms with E-state index in [2.05, 4.69) is 5.32 Å². The minimum absolute atomic E-state index is 0.0648. The summed E-state index contributed by atoms with van der Waals surface area (Å²) in [6.45, 7) is 0.640. The summed E-state index contributed by atoms with van der Waals surface area (Å²) in [7, 11) is 1.59. The molecule has 0 saturated heterocycles. The summed E-state index contributed by atoms with van der Waals surface area (Å²) in [4.78, 5) is 22.7. The number of non-ortho nitro benzene ring substituents is 1. The number of hydrogen-bond donors (Lipinski definition) is 1. The number of ether oxygens (including phenoxy) is 3. The molecule has 0 atom stereocenters. The van der Waals surface area contributed by atoms with Crippen molar-refractivity contribution in [2.24, 2.45) is 0 Å². The Hall–Kier alpha value is -3.39. The maximum absolute atomic E-state index is 12.1. The van der Waals surface area contributed by atoms with E-state index < -0.39 is 4.92 Å². The molecule has 3 rings (SSSR count). The number of nitro groups is 1. The zero-order chi connectivity index (χ0) is 19.2. The Morgan fingerprint density at radius 2 is 2.11 bits per heavy atom. The molecule has 8 heteroatoms. The highest BCUT2D eigenvalue weighted by molar-refractivity contribution is 5.92. The van der Waals surface area contributed by atoms with E-state index in [9.17, 15) is 14.9 Å². The standard InChI is InChI=1S/C19H18N2O6/c1-25-17-5-2-13(3-6-17)10-20-18(22)7-4-14-8-16(21(23)24)9-15-11-26-12-27-19(14)15/h2-9H,10-12H2,1H3,(H,20,22)/b7-4+. The van der Waals surface area contributed by atoms with E-state index in [-0.39, 0.29) is 25.0 Å². The number of benzene rings is 2. The highest BCUT2D eigenvalue weighted by Gasteiger charge is 2.19. The molecular formula is C19H18N2O6. The molecule has 8 nitrogen and oxygen atoms in total. The zero-order valence-electron chi connectivity index (χ0n) is 14.6. The number of carbonyl (C=O) groups is 1. The SMILES string of the molecule is COc1ccc(CNC(=O)/C=C/c2cc([N+](=O)[O-])cc3c2OCOC3)cc1. The summed E-state index contributed by atoms with van der Waals surface area (Å²) < 4.78 is 15.7. The molecule has 0 aromatic heterocycles.